The van der Waals surface area contributed by atoms with Gasteiger partial charge in [-0.2, -0.15) is 0 Å². The van der Waals surface area contributed by atoms with Crippen LogP contribution in [0, 0.1) is 17.8 Å². The van der Waals surface area contributed by atoms with E-state index in [1.165, 1.54) is 69.6 Å². The van der Waals surface area contributed by atoms with Crippen LogP contribution in [-0.2, 0) is 0 Å². The second-order valence-electron chi connectivity index (χ2n) is 9.75. The Morgan fingerprint density at radius 3 is 2.13 bits per heavy atom. The molecule has 2 unspecified atom stereocenters. The summed E-state index contributed by atoms with van der Waals surface area (Å²) >= 11 is 0. The minimum absolute atomic E-state index is 0. The van der Waals surface area contributed by atoms with Gasteiger partial charge in [0.2, 0.25) is 0 Å². The number of hydrogen-bond acceptors (Lipinski definition) is 4. The summed E-state index contributed by atoms with van der Waals surface area (Å²) in [7, 11) is 0. The third-order valence-corrected chi connectivity index (χ3v) is 6.65. The molecule has 0 fully saturated rings. The van der Waals surface area contributed by atoms with E-state index in [0.717, 1.165) is 36.4 Å². The molecule has 0 radical (unpaired) electrons. The molecule has 3 aliphatic rings. The van der Waals surface area contributed by atoms with Crippen molar-refractivity contribution in [3.05, 3.63) is 84.3 Å². The highest BCUT2D eigenvalue weighted by Gasteiger charge is 2.11. The third-order valence-electron chi connectivity index (χ3n) is 6.65. The summed E-state index contributed by atoms with van der Waals surface area (Å²) in [6, 6.07) is 0. The molecule has 0 aromatic heterocycles. The average molecular weight is 529 g/mol. The van der Waals surface area contributed by atoms with Crippen molar-refractivity contribution in [3.63, 3.8) is 0 Å². The summed E-state index contributed by atoms with van der Waals surface area (Å²) in [4.78, 5) is 0. The van der Waals surface area contributed by atoms with E-state index in [-0.39, 0.29) is 6.15 Å². The number of rotatable bonds is 7. The van der Waals surface area contributed by atoms with E-state index < -0.39 is 0 Å². The lowest BCUT2D eigenvalue weighted by molar-refractivity contribution is 0.568. The smallest absolute Gasteiger partial charge is 0.0140 e. The molecule has 38 heavy (non-hydrogen) atoms. The van der Waals surface area contributed by atoms with Crippen LogP contribution in [0.3, 0.4) is 0 Å². The normalized spacial score (nSPS) is 20.3. The second-order valence-corrected chi connectivity index (χ2v) is 9.75. The van der Waals surface area contributed by atoms with E-state index in [0.29, 0.717) is 0 Å². The first-order chi connectivity index (χ1) is 17.9. The maximum Gasteiger partial charge on any atom is 0.0140 e. The first-order valence-corrected chi connectivity index (χ1v) is 14.8. The average Bonchev–Trinajstić information content (AvgIpc) is 3.36. The Hall–Kier alpha value is -2.30. The lowest BCUT2D eigenvalue weighted by Gasteiger charge is -2.18. The third kappa shape index (κ3) is 22.9. The van der Waals surface area contributed by atoms with Crippen LogP contribution in [0.1, 0.15) is 106 Å². The Labute approximate surface area is 237 Å². The Morgan fingerprint density at radius 1 is 1.05 bits per heavy atom. The molecule has 220 valence electrons. The van der Waals surface area contributed by atoms with Crippen molar-refractivity contribution in [1.29, 1.82) is 0 Å². The quantitative estimate of drug-likeness (QED) is 0.194. The minimum atomic E-state index is 0. The zero-order valence-corrected chi connectivity index (χ0v) is 25.9. The van der Waals surface area contributed by atoms with Gasteiger partial charge in [-0.05, 0) is 87.8 Å². The Balaban J connectivity index is -0.000000427. The Bertz CT molecular complexity index is 725. The zero-order valence-electron chi connectivity index (χ0n) is 25.9. The highest BCUT2D eigenvalue weighted by molar-refractivity contribution is 5.25. The van der Waals surface area contributed by atoms with Crippen LogP contribution < -0.4 is 23.4 Å². The van der Waals surface area contributed by atoms with Crippen LogP contribution in [-0.4, -0.2) is 6.54 Å². The maximum absolute atomic E-state index is 5.62. The lowest BCUT2D eigenvalue weighted by Crippen LogP contribution is -2.08. The van der Waals surface area contributed by atoms with Crippen molar-refractivity contribution < 1.29 is 0 Å². The molecule has 3 aliphatic carbocycles. The Kier molecular flexibility index (Phi) is 31.0. The van der Waals surface area contributed by atoms with Crippen molar-refractivity contribution in [3.8, 4) is 0 Å². The molecule has 3 atom stereocenters. The van der Waals surface area contributed by atoms with Gasteiger partial charge in [-0.25, -0.2) is 0 Å². The number of allylic oxidation sites excluding steroid dienone is 11. The maximum atomic E-state index is 5.62. The zero-order chi connectivity index (χ0) is 28.3. The summed E-state index contributed by atoms with van der Waals surface area (Å²) in [5.74, 6) is 2.41. The molecule has 0 saturated heterocycles. The molecule has 4 heteroatoms. The summed E-state index contributed by atoms with van der Waals surface area (Å²) in [5, 5.41) is 0. The van der Waals surface area contributed by atoms with Crippen molar-refractivity contribution in [2.45, 2.75) is 106 Å². The van der Waals surface area contributed by atoms with Crippen LogP contribution in [0.2, 0.25) is 0 Å². The summed E-state index contributed by atoms with van der Waals surface area (Å²) in [6.45, 7) is 17.2. The monoisotopic (exact) mass is 529 g/mol. The van der Waals surface area contributed by atoms with Gasteiger partial charge in [0.15, 0.2) is 0 Å². The van der Waals surface area contributed by atoms with Crippen molar-refractivity contribution >= 4 is 0 Å². The highest BCUT2D eigenvalue weighted by Crippen LogP contribution is 2.25. The fourth-order valence-corrected chi connectivity index (χ4v) is 4.15. The van der Waals surface area contributed by atoms with Crippen LogP contribution in [0.15, 0.2) is 84.3 Å². The van der Waals surface area contributed by atoms with E-state index in [1.54, 1.807) is 17.7 Å². The Morgan fingerprint density at radius 2 is 1.76 bits per heavy atom. The predicted octanol–water partition coefficient (Wildman–Crippen LogP) is 9.43. The van der Waals surface area contributed by atoms with Gasteiger partial charge < -0.3 is 23.4 Å². The molecule has 0 aromatic rings. The molecular formula is C34H64N4. The molecular weight excluding hydrogens is 464 g/mol. The molecule has 0 bridgehead atoms. The lowest BCUT2D eigenvalue weighted by atomic mass is 9.89. The van der Waals surface area contributed by atoms with Crippen LogP contribution >= 0.6 is 0 Å². The first-order valence-electron chi connectivity index (χ1n) is 14.8. The summed E-state index contributed by atoms with van der Waals surface area (Å²) in [5.41, 5.74) is 20.3. The van der Waals surface area contributed by atoms with E-state index in [2.05, 4.69) is 64.7 Å². The SMILES string of the molecule is C=C/C=C\C=C\N.CC.CCC(C)C1=CC=C(CN)CC1.CCCC1C=C(N)CC1.C[C@H]1C=CCCC1.N. The molecule has 0 amide bonds. The molecule has 3 rings (SSSR count). The summed E-state index contributed by atoms with van der Waals surface area (Å²) < 4.78 is 0. The van der Waals surface area contributed by atoms with E-state index >= 15 is 0 Å². The van der Waals surface area contributed by atoms with E-state index in [1.807, 2.05) is 26.0 Å². The largest absolute Gasteiger partial charge is 0.405 e. The van der Waals surface area contributed by atoms with Crippen LogP contribution in [0.25, 0.3) is 0 Å². The summed E-state index contributed by atoms with van der Waals surface area (Å²) in [6.07, 6.45) is 32.6. The van der Waals surface area contributed by atoms with Crippen LogP contribution in [0.5, 0.6) is 0 Å². The van der Waals surface area contributed by atoms with Gasteiger partial charge in [0, 0.05) is 12.2 Å². The van der Waals surface area contributed by atoms with Gasteiger partial charge in [0.05, 0.1) is 0 Å². The fourth-order valence-electron chi connectivity index (χ4n) is 4.15. The predicted molar refractivity (Wildman–Crippen MR) is 175 cm³/mol. The van der Waals surface area contributed by atoms with Gasteiger partial charge >= 0.3 is 0 Å². The van der Waals surface area contributed by atoms with Crippen molar-refractivity contribution in [2.24, 2.45) is 35.0 Å². The number of hydrogen-bond donors (Lipinski definition) is 4. The number of nitrogens with two attached hydrogens (primary N) is 3. The first kappa shape index (κ1) is 40.2. The van der Waals surface area contributed by atoms with Gasteiger partial charge in [-0.1, -0.05) is 114 Å². The van der Waals surface area contributed by atoms with Crippen molar-refractivity contribution in [1.82, 2.24) is 6.15 Å². The van der Waals surface area contributed by atoms with Gasteiger partial charge in [0.25, 0.3) is 0 Å². The van der Waals surface area contributed by atoms with Crippen LogP contribution in [0.4, 0.5) is 0 Å². The molecule has 0 aromatic carbocycles. The fraction of sp³-hybridized carbons (Fsp3) is 0.588. The second kappa shape index (κ2) is 29.3. The molecule has 0 saturated carbocycles. The van der Waals surface area contributed by atoms with E-state index in [9.17, 15) is 0 Å². The molecule has 0 spiro atoms. The molecule has 0 heterocycles. The van der Waals surface area contributed by atoms with Crippen molar-refractivity contribution in [2.75, 3.05) is 6.54 Å². The molecule has 0 aliphatic heterocycles. The topological polar surface area (TPSA) is 113 Å². The molecule has 9 N–H and O–H groups in total. The molecule has 4 nitrogen and oxygen atoms in total. The standard InChI is InChI=1S/C11H19N.C8H15N.C7H12.C6H9N.C2H6.H3N/c1-3-9(2)11-6-4-10(8-12)5-7-11;1-2-3-7-4-5-8(9)6-7;1-7-5-3-2-4-6-7;1-2-3-4-5-6-7;1-2;/h4,6,9H,3,5,7-8,12H2,1-2H3;6-7H,2-5,9H2,1H3;3,5,7H,2,4,6H2,1H3;2-6H,1,7H2;1-2H3;1H3/b;;;4-3-,6-5+;;/t;;7-;;;/m..0.../s1. The van der Waals surface area contributed by atoms with Gasteiger partial charge in [0.1, 0.15) is 0 Å². The minimum Gasteiger partial charge on any atom is -0.405 e. The van der Waals surface area contributed by atoms with Gasteiger partial charge in [-0.3, -0.25) is 0 Å². The van der Waals surface area contributed by atoms with E-state index in [4.69, 9.17) is 17.2 Å². The highest BCUT2D eigenvalue weighted by atomic mass is 14.6. The van der Waals surface area contributed by atoms with Gasteiger partial charge in [-0.15, -0.1) is 0 Å².